The molecule has 0 saturated carbocycles. The van der Waals surface area contributed by atoms with Gasteiger partial charge in [0.15, 0.2) is 11.5 Å². The maximum atomic E-state index is 13.6. The van der Waals surface area contributed by atoms with E-state index in [2.05, 4.69) is 15.5 Å². The van der Waals surface area contributed by atoms with Gasteiger partial charge in [0, 0.05) is 17.8 Å². The first-order chi connectivity index (χ1) is 11.0. The molecule has 2 aromatic heterocycles. The van der Waals surface area contributed by atoms with Crippen LogP contribution in [0.2, 0.25) is 5.02 Å². The molecule has 0 radical (unpaired) electrons. The van der Waals surface area contributed by atoms with Crippen LogP contribution in [0.3, 0.4) is 0 Å². The van der Waals surface area contributed by atoms with Crippen LogP contribution in [0.25, 0.3) is 11.3 Å². The molecule has 3 aromatic rings. The van der Waals surface area contributed by atoms with Gasteiger partial charge >= 0.3 is 0 Å². The Kier molecular flexibility index (Phi) is 4.08. The van der Waals surface area contributed by atoms with Crippen molar-refractivity contribution in [3.05, 3.63) is 64.7 Å². The number of hydrogen-bond donors (Lipinski definition) is 1. The Morgan fingerprint density at radius 1 is 1.26 bits per heavy atom. The lowest BCUT2D eigenvalue weighted by molar-refractivity contribution is 0.101. The first-order valence-corrected chi connectivity index (χ1v) is 7.07. The lowest BCUT2D eigenvalue weighted by Crippen LogP contribution is -2.13. The van der Waals surface area contributed by atoms with E-state index >= 15 is 0 Å². The predicted octanol–water partition coefficient (Wildman–Crippen LogP) is 4.09. The van der Waals surface area contributed by atoms with Gasteiger partial charge in [0.1, 0.15) is 11.6 Å². The number of pyridine rings is 1. The average Bonchev–Trinajstić information content (AvgIpc) is 3.02. The third kappa shape index (κ3) is 3.37. The summed E-state index contributed by atoms with van der Waals surface area (Å²) in [4.78, 5) is 16.0. The Morgan fingerprint density at radius 2 is 2.09 bits per heavy atom. The normalized spacial score (nSPS) is 10.6. The zero-order chi connectivity index (χ0) is 16.4. The summed E-state index contributed by atoms with van der Waals surface area (Å²) in [6, 6.07) is 9.27. The molecule has 1 aromatic carbocycles. The van der Waals surface area contributed by atoms with E-state index in [1.165, 1.54) is 18.3 Å². The molecule has 0 saturated heterocycles. The number of aromatic nitrogens is 2. The quantitative estimate of drug-likeness (QED) is 0.785. The number of rotatable bonds is 3. The van der Waals surface area contributed by atoms with Crippen LogP contribution in [0.1, 0.15) is 16.1 Å². The van der Waals surface area contributed by atoms with E-state index in [4.69, 9.17) is 16.1 Å². The van der Waals surface area contributed by atoms with Crippen molar-refractivity contribution >= 4 is 23.3 Å². The maximum absolute atomic E-state index is 13.6. The van der Waals surface area contributed by atoms with Gasteiger partial charge in [0.25, 0.3) is 5.91 Å². The van der Waals surface area contributed by atoms with Crippen molar-refractivity contribution in [2.45, 2.75) is 6.92 Å². The average molecular weight is 332 g/mol. The van der Waals surface area contributed by atoms with Gasteiger partial charge in [-0.1, -0.05) is 28.9 Å². The Morgan fingerprint density at radius 3 is 2.78 bits per heavy atom. The largest absolute Gasteiger partial charge is 0.355 e. The Hall–Kier alpha value is -2.73. The number of benzene rings is 1. The highest BCUT2D eigenvalue weighted by Crippen LogP contribution is 2.23. The van der Waals surface area contributed by atoms with Crippen molar-refractivity contribution in [2.24, 2.45) is 0 Å². The highest BCUT2D eigenvalue weighted by atomic mass is 35.5. The van der Waals surface area contributed by atoms with Crippen molar-refractivity contribution in [3.63, 3.8) is 0 Å². The lowest BCUT2D eigenvalue weighted by Gasteiger charge is -2.00. The molecule has 3 rings (SSSR count). The first-order valence-electron chi connectivity index (χ1n) is 6.69. The van der Waals surface area contributed by atoms with Crippen molar-refractivity contribution in [2.75, 3.05) is 5.32 Å². The summed E-state index contributed by atoms with van der Waals surface area (Å²) in [5.74, 6) is -0.193. The van der Waals surface area contributed by atoms with Crippen LogP contribution in [-0.2, 0) is 0 Å². The second-order valence-corrected chi connectivity index (χ2v) is 5.29. The van der Waals surface area contributed by atoms with Crippen LogP contribution in [0.4, 0.5) is 10.2 Å². The minimum absolute atomic E-state index is 0.0673. The van der Waals surface area contributed by atoms with Crippen LogP contribution >= 0.6 is 11.6 Å². The first kappa shape index (κ1) is 15.2. The standard InChI is InChI=1S/C16H11ClFN3O2/c1-9-2-3-10(6-12(9)18)14-7-13(21-23-14)16(22)20-15-5-4-11(17)8-19-15/h2-8H,1H3,(H,19,20,22). The number of hydrogen-bond acceptors (Lipinski definition) is 4. The van der Waals surface area contributed by atoms with E-state index in [0.717, 1.165) is 0 Å². The molecule has 23 heavy (non-hydrogen) atoms. The van der Waals surface area contributed by atoms with Crippen LogP contribution in [0, 0.1) is 12.7 Å². The molecule has 0 spiro atoms. The van der Waals surface area contributed by atoms with Crippen LogP contribution in [0.15, 0.2) is 47.1 Å². The number of carbonyl (C=O) groups excluding carboxylic acids is 1. The molecule has 0 aliphatic rings. The number of nitrogens with zero attached hydrogens (tertiary/aromatic N) is 2. The zero-order valence-corrected chi connectivity index (χ0v) is 12.8. The summed E-state index contributed by atoms with van der Waals surface area (Å²) < 4.78 is 18.7. The highest BCUT2D eigenvalue weighted by molar-refractivity contribution is 6.30. The lowest BCUT2D eigenvalue weighted by atomic mass is 10.1. The second-order valence-electron chi connectivity index (χ2n) is 4.86. The number of halogens is 2. The topological polar surface area (TPSA) is 68.0 Å². The van der Waals surface area contributed by atoms with E-state index in [1.807, 2.05) is 0 Å². The van der Waals surface area contributed by atoms with Gasteiger partial charge in [-0.05, 0) is 30.7 Å². The summed E-state index contributed by atoms with van der Waals surface area (Å²) in [7, 11) is 0. The number of carbonyl (C=O) groups is 1. The molecule has 1 amide bonds. The SMILES string of the molecule is Cc1ccc(-c2cc(C(=O)Nc3ccc(Cl)cn3)no2)cc1F. The fourth-order valence-electron chi connectivity index (χ4n) is 1.89. The summed E-state index contributed by atoms with van der Waals surface area (Å²) >= 11 is 5.73. The zero-order valence-electron chi connectivity index (χ0n) is 12.0. The van der Waals surface area contributed by atoms with E-state index in [1.54, 1.807) is 31.2 Å². The van der Waals surface area contributed by atoms with Gasteiger partial charge in [0.05, 0.1) is 5.02 Å². The molecule has 0 atom stereocenters. The monoisotopic (exact) mass is 331 g/mol. The van der Waals surface area contributed by atoms with Gasteiger partial charge in [-0.25, -0.2) is 9.37 Å². The van der Waals surface area contributed by atoms with Crippen LogP contribution in [-0.4, -0.2) is 16.0 Å². The third-order valence-corrected chi connectivity index (χ3v) is 3.39. The highest BCUT2D eigenvalue weighted by Gasteiger charge is 2.15. The third-order valence-electron chi connectivity index (χ3n) is 3.17. The second kappa shape index (κ2) is 6.18. The van der Waals surface area contributed by atoms with Crippen molar-refractivity contribution in [1.29, 1.82) is 0 Å². The van der Waals surface area contributed by atoms with Crippen molar-refractivity contribution < 1.29 is 13.7 Å². The number of aryl methyl sites for hydroxylation is 1. The minimum Gasteiger partial charge on any atom is -0.355 e. The van der Waals surface area contributed by atoms with Gasteiger partial charge in [-0.2, -0.15) is 0 Å². The van der Waals surface area contributed by atoms with E-state index in [-0.39, 0.29) is 11.5 Å². The molecule has 7 heteroatoms. The molecule has 116 valence electrons. The van der Waals surface area contributed by atoms with Gasteiger partial charge in [-0.3, -0.25) is 4.79 Å². The number of amides is 1. The van der Waals surface area contributed by atoms with E-state index in [9.17, 15) is 9.18 Å². The fourth-order valence-corrected chi connectivity index (χ4v) is 2.01. The predicted molar refractivity (Wildman–Crippen MR) is 83.8 cm³/mol. The smallest absolute Gasteiger partial charge is 0.279 e. The molecule has 0 aliphatic carbocycles. The van der Waals surface area contributed by atoms with Gasteiger partial charge in [-0.15, -0.1) is 0 Å². The summed E-state index contributed by atoms with van der Waals surface area (Å²) in [6.45, 7) is 1.66. The molecule has 0 fully saturated rings. The Balaban J connectivity index is 1.79. The van der Waals surface area contributed by atoms with E-state index < -0.39 is 5.91 Å². The molecule has 0 bridgehead atoms. The number of nitrogens with one attached hydrogen (secondary N) is 1. The van der Waals surface area contributed by atoms with Crippen molar-refractivity contribution in [1.82, 2.24) is 10.1 Å². The molecule has 0 unspecified atom stereocenters. The van der Waals surface area contributed by atoms with Gasteiger partial charge < -0.3 is 9.84 Å². The van der Waals surface area contributed by atoms with Crippen molar-refractivity contribution in [3.8, 4) is 11.3 Å². The molecule has 0 aliphatic heterocycles. The number of anilines is 1. The van der Waals surface area contributed by atoms with Crippen LogP contribution < -0.4 is 5.32 Å². The van der Waals surface area contributed by atoms with E-state index in [0.29, 0.717) is 27.7 Å². The molecule has 5 nitrogen and oxygen atoms in total. The summed E-state index contributed by atoms with van der Waals surface area (Å²) in [5, 5.41) is 6.73. The molecular weight excluding hydrogens is 321 g/mol. The maximum Gasteiger partial charge on any atom is 0.279 e. The van der Waals surface area contributed by atoms with Gasteiger partial charge in [0.2, 0.25) is 0 Å². The molecule has 2 heterocycles. The molecular formula is C16H11ClFN3O2. The summed E-state index contributed by atoms with van der Waals surface area (Å²) in [5.41, 5.74) is 1.10. The Bertz CT molecular complexity index is 862. The fraction of sp³-hybridized carbons (Fsp3) is 0.0625. The Labute approximate surface area is 136 Å². The minimum atomic E-state index is -0.484. The van der Waals surface area contributed by atoms with Crippen LogP contribution in [0.5, 0.6) is 0 Å². The summed E-state index contributed by atoms with van der Waals surface area (Å²) in [6.07, 6.45) is 1.42. The molecule has 1 N–H and O–H groups in total.